The molecule has 2 aliphatic rings. The monoisotopic (exact) mass is 326 g/mol. The van der Waals surface area contributed by atoms with Crippen molar-refractivity contribution >= 4 is 11.8 Å². The number of likely N-dealkylation sites (tertiary alicyclic amines) is 1. The highest BCUT2D eigenvalue weighted by Crippen LogP contribution is 2.33. The Morgan fingerprint density at radius 1 is 1.17 bits per heavy atom. The Labute approximate surface area is 141 Å². The van der Waals surface area contributed by atoms with Gasteiger partial charge in [0.2, 0.25) is 0 Å². The number of aromatic hydroxyl groups is 1. The van der Waals surface area contributed by atoms with Gasteiger partial charge in [-0.2, -0.15) is 5.10 Å². The summed E-state index contributed by atoms with van der Waals surface area (Å²) in [5.74, 6) is 0.893. The van der Waals surface area contributed by atoms with E-state index in [1.165, 1.54) is 12.1 Å². The number of nitrogens with one attached hydrogen (secondary N) is 1. The lowest BCUT2D eigenvalue weighted by atomic mass is 10.0. The Kier molecular flexibility index (Phi) is 3.88. The van der Waals surface area contributed by atoms with Crippen LogP contribution in [0.1, 0.15) is 43.0 Å². The standard InChI is InChI=1S/C18H22N4O2/c23-15-8-6-13(7-9-15)16-5-3-10-21(16)18(24)19-17-12-14-4-1-2-11-22(14)20-17/h6-9,12,16,23H,1-5,10-11H2,(H,19,20,24). The number of amides is 2. The van der Waals surface area contributed by atoms with Crippen LogP contribution in [-0.4, -0.2) is 32.4 Å². The predicted octanol–water partition coefficient (Wildman–Crippen LogP) is 3.29. The summed E-state index contributed by atoms with van der Waals surface area (Å²) in [7, 11) is 0. The van der Waals surface area contributed by atoms with Gasteiger partial charge in [-0.25, -0.2) is 4.79 Å². The number of hydrogen-bond donors (Lipinski definition) is 2. The molecule has 6 nitrogen and oxygen atoms in total. The first-order valence-electron chi connectivity index (χ1n) is 8.64. The Balaban J connectivity index is 1.48. The third-order valence-corrected chi connectivity index (χ3v) is 4.94. The molecule has 2 aromatic rings. The fourth-order valence-electron chi connectivity index (χ4n) is 3.71. The van der Waals surface area contributed by atoms with Crippen LogP contribution in [0.3, 0.4) is 0 Å². The van der Waals surface area contributed by atoms with E-state index in [1.54, 1.807) is 12.1 Å². The molecule has 126 valence electrons. The lowest BCUT2D eigenvalue weighted by Gasteiger charge is -2.25. The van der Waals surface area contributed by atoms with Gasteiger partial charge >= 0.3 is 6.03 Å². The molecule has 4 rings (SSSR count). The first kappa shape index (κ1) is 15.1. The van der Waals surface area contributed by atoms with Gasteiger partial charge in [0.1, 0.15) is 5.75 Å². The molecule has 2 amide bonds. The number of carbonyl (C=O) groups is 1. The average molecular weight is 326 g/mol. The van der Waals surface area contributed by atoms with Crippen LogP contribution < -0.4 is 5.32 Å². The molecule has 0 saturated carbocycles. The van der Waals surface area contributed by atoms with Gasteiger partial charge in [0.05, 0.1) is 6.04 Å². The van der Waals surface area contributed by atoms with Crippen LogP contribution in [-0.2, 0) is 13.0 Å². The molecule has 6 heteroatoms. The van der Waals surface area contributed by atoms with Gasteiger partial charge in [-0.3, -0.25) is 10.00 Å². The van der Waals surface area contributed by atoms with E-state index in [4.69, 9.17) is 0 Å². The number of nitrogens with zero attached hydrogens (tertiary/aromatic N) is 3. The normalized spacial score (nSPS) is 20.0. The summed E-state index contributed by atoms with van der Waals surface area (Å²) in [5, 5.41) is 16.9. The number of hydrogen-bond acceptors (Lipinski definition) is 3. The maximum atomic E-state index is 12.7. The van der Waals surface area contributed by atoms with Gasteiger partial charge in [-0.05, 0) is 49.8 Å². The van der Waals surface area contributed by atoms with E-state index < -0.39 is 0 Å². The van der Waals surface area contributed by atoms with Crippen molar-refractivity contribution < 1.29 is 9.90 Å². The summed E-state index contributed by atoms with van der Waals surface area (Å²) < 4.78 is 2.00. The largest absolute Gasteiger partial charge is 0.508 e. The number of aromatic nitrogens is 2. The fourth-order valence-corrected chi connectivity index (χ4v) is 3.71. The highest BCUT2D eigenvalue weighted by molar-refractivity contribution is 5.88. The van der Waals surface area contributed by atoms with Crippen molar-refractivity contribution in [1.29, 1.82) is 0 Å². The number of aryl methyl sites for hydroxylation is 2. The topological polar surface area (TPSA) is 70.4 Å². The Hall–Kier alpha value is -2.50. The molecular weight excluding hydrogens is 304 g/mol. The quantitative estimate of drug-likeness (QED) is 0.889. The minimum Gasteiger partial charge on any atom is -0.508 e. The number of fused-ring (bicyclic) bond motifs is 1. The van der Waals surface area contributed by atoms with Crippen molar-refractivity contribution in [1.82, 2.24) is 14.7 Å². The van der Waals surface area contributed by atoms with Crippen LogP contribution in [0.15, 0.2) is 30.3 Å². The van der Waals surface area contributed by atoms with Crippen molar-refractivity contribution in [2.24, 2.45) is 0 Å². The summed E-state index contributed by atoms with van der Waals surface area (Å²) in [6.45, 7) is 1.68. The molecule has 1 aromatic carbocycles. The molecule has 2 aliphatic heterocycles. The summed E-state index contributed by atoms with van der Waals surface area (Å²) in [5.41, 5.74) is 2.26. The van der Waals surface area contributed by atoms with Crippen LogP contribution in [0.25, 0.3) is 0 Å². The first-order chi connectivity index (χ1) is 11.7. The maximum absolute atomic E-state index is 12.7. The van der Waals surface area contributed by atoms with Crippen molar-refractivity contribution in [3.63, 3.8) is 0 Å². The van der Waals surface area contributed by atoms with Crippen LogP contribution in [0.2, 0.25) is 0 Å². The first-order valence-corrected chi connectivity index (χ1v) is 8.64. The maximum Gasteiger partial charge on any atom is 0.323 e. The number of anilines is 1. The van der Waals surface area contributed by atoms with E-state index in [-0.39, 0.29) is 17.8 Å². The highest BCUT2D eigenvalue weighted by Gasteiger charge is 2.30. The van der Waals surface area contributed by atoms with E-state index in [0.29, 0.717) is 5.82 Å². The molecule has 1 saturated heterocycles. The van der Waals surface area contributed by atoms with Crippen molar-refractivity contribution in [3.05, 3.63) is 41.6 Å². The Morgan fingerprint density at radius 2 is 2.00 bits per heavy atom. The van der Waals surface area contributed by atoms with E-state index >= 15 is 0 Å². The van der Waals surface area contributed by atoms with Crippen LogP contribution in [0.5, 0.6) is 5.75 Å². The molecule has 0 aliphatic carbocycles. The van der Waals surface area contributed by atoms with Crippen molar-refractivity contribution in [2.45, 2.75) is 44.7 Å². The summed E-state index contributed by atoms with van der Waals surface area (Å²) in [6, 6.07) is 9.08. The SMILES string of the molecule is O=C(Nc1cc2n(n1)CCCC2)N1CCCC1c1ccc(O)cc1. The van der Waals surface area contributed by atoms with E-state index in [9.17, 15) is 9.90 Å². The number of urea groups is 1. The number of benzene rings is 1. The lowest BCUT2D eigenvalue weighted by molar-refractivity contribution is 0.207. The van der Waals surface area contributed by atoms with Crippen LogP contribution >= 0.6 is 0 Å². The second-order valence-corrected chi connectivity index (χ2v) is 6.57. The van der Waals surface area contributed by atoms with Gasteiger partial charge in [-0.1, -0.05) is 12.1 Å². The molecule has 1 unspecified atom stereocenters. The zero-order valence-electron chi connectivity index (χ0n) is 13.6. The molecule has 3 heterocycles. The Morgan fingerprint density at radius 3 is 2.79 bits per heavy atom. The molecule has 0 radical (unpaired) electrons. The molecular formula is C18H22N4O2. The van der Waals surface area contributed by atoms with Gasteiger partial charge in [-0.15, -0.1) is 0 Å². The van der Waals surface area contributed by atoms with Crippen LogP contribution in [0, 0.1) is 0 Å². The molecule has 0 bridgehead atoms. The number of phenols is 1. The second-order valence-electron chi connectivity index (χ2n) is 6.57. The summed E-state index contributed by atoms with van der Waals surface area (Å²) >= 11 is 0. The minimum absolute atomic E-state index is 0.0582. The molecule has 24 heavy (non-hydrogen) atoms. The number of carbonyl (C=O) groups excluding carboxylic acids is 1. The zero-order valence-corrected chi connectivity index (χ0v) is 13.6. The third kappa shape index (κ3) is 2.84. The smallest absolute Gasteiger partial charge is 0.323 e. The van der Waals surface area contributed by atoms with Gasteiger partial charge in [0, 0.05) is 24.8 Å². The fraction of sp³-hybridized carbons (Fsp3) is 0.444. The molecule has 2 N–H and O–H groups in total. The summed E-state index contributed by atoms with van der Waals surface area (Å²) in [6.07, 6.45) is 5.30. The van der Waals surface area contributed by atoms with Gasteiger partial charge in [0.25, 0.3) is 0 Å². The zero-order chi connectivity index (χ0) is 16.5. The Bertz CT molecular complexity index is 714. The molecule has 1 aromatic heterocycles. The average Bonchev–Trinajstić information content (AvgIpc) is 3.21. The van der Waals surface area contributed by atoms with E-state index in [0.717, 1.165) is 44.3 Å². The molecule has 0 spiro atoms. The van der Waals surface area contributed by atoms with E-state index in [1.807, 2.05) is 27.8 Å². The number of phenolic OH excluding ortho intramolecular Hbond substituents is 1. The third-order valence-electron chi connectivity index (χ3n) is 4.94. The summed E-state index contributed by atoms with van der Waals surface area (Å²) in [4.78, 5) is 14.6. The lowest BCUT2D eigenvalue weighted by Crippen LogP contribution is -2.34. The van der Waals surface area contributed by atoms with E-state index in [2.05, 4.69) is 10.4 Å². The number of rotatable bonds is 2. The second kappa shape index (κ2) is 6.19. The van der Waals surface area contributed by atoms with Crippen molar-refractivity contribution in [3.8, 4) is 5.75 Å². The minimum atomic E-state index is -0.0963. The predicted molar refractivity (Wildman–Crippen MR) is 91.0 cm³/mol. The highest BCUT2D eigenvalue weighted by atomic mass is 16.3. The molecule has 1 atom stereocenters. The van der Waals surface area contributed by atoms with Crippen molar-refractivity contribution in [2.75, 3.05) is 11.9 Å². The molecule has 1 fully saturated rings. The van der Waals surface area contributed by atoms with Crippen LogP contribution in [0.4, 0.5) is 10.6 Å². The van der Waals surface area contributed by atoms with Gasteiger partial charge in [0.15, 0.2) is 5.82 Å². The van der Waals surface area contributed by atoms with Gasteiger partial charge < -0.3 is 10.0 Å².